The van der Waals surface area contributed by atoms with Gasteiger partial charge in [-0.25, -0.2) is 0 Å². The van der Waals surface area contributed by atoms with Crippen LogP contribution in [0.5, 0.6) is 0 Å². The molecule has 0 aliphatic carbocycles. The van der Waals surface area contributed by atoms with Crippen LogP contribution in [0.1, 0.15) is 71.1 Å². The summed E-state index contributed by atoms with van der Waals surface area (Å²) in [5.41, 5.74) is 0. The van der Waals surface area contributed by atoms with E-state index < -0.39 is 5.97 Å². The highest BCUT2D eigenvalue weighted by Crippen LogP contribution is 2.22. The van der Waals surface area contributed by atoms with Gasteiger partial charge in [-0.2, -0.15) is 0 Å². The first-order chi connectivity index (χ1) is 8.57. The van der Waals surface area contributed by atoms with Crippen molar-refractivity contribution in [2.24, 2.45) is 0 Å². The summed E-state index contributed by atoms with van der Waals surface area (Å²) in [5, 5.41) is 8.67. The highest BCUT2D eigenvalue weighted by atomic mass is 35.5. The van der Waals surface area contributed by atoms with Crippen molar-refractivity contribution in [2.45, 2.75) is 81.9 Å². The molecule has 0 radical (unpaired) electrons. The molecule has 1 N–H and O–H groups in total. The molecule has 4 heteroatoms. The third-order valence-electron chi connectivity index (χ3n) is 3.10. The van der Waals surface area contributed by atoms with E-state index in [4.69, 9.17) is 28.3 Å². The summed E-state index contributed by atoms with van der Waals surface area (Å²) in [4.78, 5) is 10.3. The molecule has 0 aromatic rings. The Morgan fingerprint density at radius 1 is 0.944 bits per heavy atom. The second-order valence-corrected chi connectivity index (χ2v) is 6.00. The van der Waals surface area contributed by atoms with Crippen LogP contribution in [0.2, 0.25) is 0 Å². The summed E-state index contributed by atoms with van der Waals surface area (Å²) in [7, 11) is 0. The maximum atomic E-state index is 10.3. The van der Waals surface area contributed by atoms with Crippen molar-refractivity contribution >= 4 is 29.2 Å². The average molecular weight is 297 g/mol. The molecule has 0 saturated carbocycles. The largest absolute Gasteiger partial charge is 0.481 e. The highest BCUT2D eigenvalue weighted by Gasteiger charge is 2.15. The first-order valence-electron chi connectivity index (χ1n) is 7.07. The van der Waals surface area contributed by atoms with Gasteiger partial charge in [0.25, 0.3) is 0 Å². The molecule has 0 heterocycles. The third kappa shape index (κ3) is 11.2. The molecular formula is C14H26Cl2O2. The normalized spacial score (nSPS) is 14.4. The van der Waals surface area contributed by atoms with E-state index in [9.17, 15) is 4.79 Å². The van der Waals surface area contributed by atoms with E-state index in [0.29, 0.717) is 6.42 Å². The Hall–Kier alpha value is 0.0500. The number of alkyl halides is 2. The molecular weight excluding hydrogens is 271 g/mol. The fourth-order valence-electron chi connectivity index (χ4n) is 1.91. The van der Waals surface area contributed by atoms with Crippen LogP contribution in [0, 0.1) is 0 Å². The minimum Gasteiger partial charge on any atom is -0.481 e. The Balaban J connectivity index is 3.34. The molecule has 0 unspecified atom stereocenters. The van der Waals surface area contributed by atoms with Gasteiger partial charge in [-0.15, -0.1) is 23.2 Å². The van der Waals surface area contributed by atoms with Gasteiger partial charge in [0.05, 0.1) is 0 Å². The van der Waals surface area contributed by atoms with Crippen LogP contribution in [0.25, 0.3) is 0 Å². The summed E-state index contributed by atoms with van der Waals surface area (Å²) in [5.74, 6) is -0.697. The zero-order valence-corrected chi connectivity index (χ0v) is 12.8. The van der Waals surface area contributed by atoms with Crippen molar-refractivity contribution in [1.82, 2.24) is 0 Å². The molecule has 0 amide bonds. The van der Waals surface area contributed by atoms with Crippen molar-refractivity contribution < 1.29 is 9.90 Å². The molecule has 0 aromatic heterocycles. The van der Waals surface area contributed by atoms with Gasteiger partial charge in [-0.1, -0.05) is 45.4 Å². The molecule has 2 nitrogen and oxygen atoms in total. The van der Waals surface area contributed by atoms with Gasteiger partial charge in [-0.05, 0) is 19.3 Å². The molecule has 0 bridgehead atoms. The van der Waals surface area contributed by atoms with Crippen LogP contribution in [0.3, 0.4) is 0 Å². The Morgan fingerprint density at radius 3 is 2.00 bits per heavy atom. The number of hydrogen-bond acceptors (Lipinski definition) is 1. The lowest BCUT2D eigenvalue weighted by Crippen LogP contribution is -2.14. The zero-order chi connectivity index (χ0) is 13.8. The van der Waals surface area contributed by atoms with E-state index in [1.165, 1.54) is 0 Å². The molecule has 108 valence electrons. The monoisotopic (exact) mass is 296 g/mol. The number of aliphatic carboxylic acids is 1. The smallest absolute Gasteiger partial charge is 0.303 e. The van der Waals surface area contributed by atoms with Crippen molar-refractivity contribution in [3.05, 3.63) is 0 Å². The quantitative estimate of drug-likeness (QED) is 0.397. The summed E-state index contributed by atoms with van der Waals surface area (Å²) in [6, 6.07) is 0. The van der Waals surface area contributed by atoms with Crippen molar-refractivity contribution in [3.8, 4) is 0 Å². The van der Waals surface area contributed by atoms with Gasteiger partial charge in [0.1, 0.15) is 0 Å². The van der Waals surface area contributed by atoms with Gasteiger partial charge < -0.3 is 5.11 Å². The highest BCUT2D eigenvalue weighted by molar-refractivity contribution is 6.29. The second-order valence-electron chi connectivity index (χ2n) is 4.87. The number of halogens is 2. The third-order valence-corrected chi connectivity index (χ3v) is 4.27. The van der Waals surface area contributed by atoms with Crippen LogP contribution in [0.15, 0.2) is 0 Å². The minimum atomic E-state index is -0.697. The Bertz CT molecular complexity index is 210. The van der Waals surface area contributed by atoms with E-state index >= 15 is 0 Å². The molecule has 0 saturated heterocycles. The summed E-state index contributed by atoms with van der Waals surface area (Å²) in [6.07, 6.45) is 9.67. The van der Waals surface area contributed by atoms with E-state index in [-0.39, 0.29) is 10.8 Å². The van der Waals surface area contributed by atoms with Crippen LogP contribution in [-0.2, 0) is 4.79 Å². The van der Waals surface area contributed by atoms with E-state index in [1.807, 2.05) is 0 Å². The van der Waals surface area contributed by atoms with Gasteiger partial charge in [0.2, 0.25) is 0 Å². The van der Waals surface area contributed by atoms with Gasteiger partial charge in [0, 0.05) is 17.2 Å². The molecule has 0 aliphatic rings. The molecule has 2 atom stereocenters. The molecule has 0 fully saturated rings. The number of hydrogen-bond donors (Lipinski definition) is 1. The maximum absolute atomic E-state index is 10.3. The lowest BCUT2D eigenvalue weighted by atomic mass is 10.0. The number of carboxylic acid groups (broad SMARTS) is 1. The lowest BCUT2D eigenvalue weighted by Gasteiger charge is -2.15. The van der Waals surface area contributed by atoms with Gasteiger partial charge >= 0.3 is 5.97 Å². The molecule has 0 rings (SSSR count). The fraction of sp³-hybridized carbons (Fsp3) is 0.929. The molecule has 18 heavy (non-hydrogen) atoms. The fourth-order valence-corrected chi connectivity index (χ4v) is 2.47. The van der Waals surface area contributed by atoms with Crippen molar-refractivity contribution in [2.75, 3.05) is 0 Å². The number of rotatable bonds is 12. The molecule has 0 aliphatic heterocycles. The van der Waals surface area contributed by atoms with Crippen molar-refractivity contribution in [3.63, 3.8) is 0 Å². The Morgan fingerprint density at radius 2 is 1.44 bits per heavy atom. The van der Waals surface area contributed by atoms with Gasteiger partial charge in [-0.3, -0.25) is 4.79 Å². The first kappa shape index (κ1) is 18.0. The summed E-state index contributed by atoms with van der Waals surface area (Å²) < 4.78 is 0. The summed E-state index contributed by atoms with van der Waals surface area (Å²) in [6.45, 7) is 2.16. The van der Waals surface area contributed by atoms with Crippen LogP contribution < -0.4 is 0 Å². The standard InChI is InChI=1S/C14H26Cl2O2/c1-2-3-9-12(15)13(16)10-7-5-4-6-8-11-14(17)18/h12-13H,2-11H2,1H3,(H,17,18)/t12-,13-/m1/s1. The average Bonchev–Trinajstić information content (AvgIpc) is 2.34. The minimum absolute atomic E-state index is 0.0808. The van der Waals surface area contributed by atoms with E-state index in [2.05, 4.69) is 6.92 Å². The Labute approximate surface area is 121 Å². The molecule has 0 spiro atoms. The predicted octanol–water partition coefficient (Wildman–Crippen LogP) is 5.21. The number of carbonyl (C=O) groups is 1. The maximum Gasteiger partial charge on any atom is 0.303 e. The number of unbranched alkanes of at least 4 members (excludes halogenated alkanes) is 5. The zero-order valence-electron chi connectivity index (χ0n) is 11.3. The number of carboxylic acids is 1. The van der Waals surface area contributed by atoms with Crippen LogP contribution in [0.4, 0.5) is 0 Å². The van der Waals surface area contributed by atoms with Crippen molar-refractivity contribution in [1.29, 1.82) is 0 Å². The molecule has 0 aromatic carbocycles. The SMILES string of the molecule is CCCC[C@@H](Cl)[C@H](Cl)CCCCCCCC(=O)O. The Kier molecular flexibility index (Phi) is 12.1. The first-order valence-corrected chi connectivity index (χ1v) is 7.95. The van der Waals surface area contributed by atoms with E-state index in [1.54, 1.807) is 0 Å². The predicted molar refractivity (Wildman–Crippen MR) is 78.8 cm³/mol. The second kappa shape index (κ2) is 12.1. The summed E-state index contributed by atoms with van der Waals surface area (Å²) >= 11 is 12.4. The van der Waals surface area contributed by atoms with Gasteiger partial charge in [0.15, 0.2) is 0 Å². The van der Waals surface area contributed by atoms with Crippen LogP contribution >= 0.6 is 23.2 Å². The van der Waals surface area contributed by atoms with E-state index in [0.717, 1.165) is 57.8 Å². The topological polar surface area (TPSA) is 37.3 Å². The lowest BCUT2D eigenvalue weighted by molar-refractivity contribution is -0.137. The van der Waals surface area contributed by atoms with Crippen LogP contribution in [-0.4, -0.2) is 21.8 Å².